The van der Waals surface area contributed by atoms with E-state index >= 15 is 0 Å². The van der Waals surface area contributed by atoms with Crippen LogP contribution >= 0.6 is 23.5 Å². The Balaban J connectivity index is 1.90. The molecular formula is C16H15F2NOS2. The summed E-state index contributed by atoms with van der Waals surface area (Å²) in [5.41, 5.74) is 0.601. The minimum atomic E-state index is -2.44. The average Bonchev–Trinajstić information content (AvgIpc) is 2.49. The van der Waals surface area contributed by atoms with Crippen molar-refractivity contribution in [3.05, 3.63) is 54.6 Å². The summed E-state index contributed by atoms with van der Waals surface area (Å²) in [5, 5.41) is 2.53. The monoisotopic (exact) mass is 339 g/mol. The lowest BCUT2D eigenvalue weighted by atomic mass is 10.3. The van der Waals surface area contributed by atoms with Crippen LogP contribution in [0, 0.1) is 0 Å². The van der Waals surface area contributed by atoms with E-state index in [4.69, 9.17) is 0 Å². The molecule has 0 saturated heterocycles. The molecule has 0 saturated carbocycles. The van der Waals surface area contributed by atoms with Crippen molar-refractivity contribution < 1.29 is 13.6 Å². The van der Waals surface area contributed by atoms with Gasteiger partial charge in [0.05, 0.1) is 5.25 Å². The van der Waals surface area contributed by atoms with Crippen molar-refractivity contribution in [2.75, 3.05) is 5.32 Å². The van der Waals surface area contributed by atoms with E-state index in [9.17, 15) is 13.6 Å². The van der Waals surface area contributed by atoms with E-state index in [0.29, 0.717) is 22.3 Å². The molecule has 0 heterocycles. The number of amides is 1. The maximum atomic E-state index is 12.2. The van der Waals surface area contributed by atoms with Crippen molar-refractivity contribution in [3.63, 3.8) is 0 Å². The van der Waals surface area contributed by atoms with Gasteiger partial charge < -0.3 is 5.32 Å². The molecule has 2 rings (SSSR count). The topological polar surface area (TPSA) is 29.1 Å². The molecule has 0 bridgehead atoms. The van der Waals surface area contributed by atoms with Crippen molar-refractivity contribution in [1.82, 2.24) is 0 Å². The third-order valence-corrected chi connectivity index (χ3v) is 4.61. The zero-order valence-corrected chi connectivity index (χ0v) is 13.5. The Labute approximate surface area is 136 Å². The first kappa shape index (κ1) is 16.8. The molecule has 2 aromatic carbocycles. The molecule has 0 fully saturated rings. The van der Waals surface area contributed by atoms with Gasteiger partial charge in [0.25, 0.3) is 5.76 Å². The van der Waals surface area contributed by atoms with Gasteiger partial charge in [-0.1, -0.05) is 30.0 Å². The molecule has 0 aliphatic carbocycles. The number of carbonyl (C=O) groups excluding carboxylic acids is 1. The molecule has 0 aliphatic rings. The van der Waals surface area contributed by atoms with Crippen molar-refractivity contribution in [2.24, 2.45) is 0 Å². The molecule has 0 aliphatic heterocycles. The molecule has 116 valence electrons. The molecule has 0 spiro atoms. The molecule has 1 amide bonds. The fourth-order valence-electron chi connectivity index (χ4n) is 1.72. The standard InChI is InChI=1S/C16H15F2NOS2/c1-11(21-13-5-3-2-4-6-13)15(20)19-12-7-9-14(10-8-12)22-16(17)18/h2-11,16H,1H3,(H,19,20). The number of hydrogen-bond donors (Lipinski definition) is 1. The highest BCUT2D eigenvalue weighted by Gasteiger charge is 2.14. The molecule has 0 aromatic heterocycles. The van der Waals surface area contributed by atoms with E-state index in [1.54, 1.807) is 24.3 Å². The first-order valence-corrected chi connectivity index (χ1v) is 8.38. The number of carbonyl (C=O) groups is 1. The van der Waals surface area contributed by atoms with E-state index in [2.05, 4.69) is 5.32 Å². The van der Waals surface area contributed by atoms with Crippen LogP contribution in [0.1, 0.15) is 6.92 Å². The second kappa shape index (κ2) is 8.19. The van der Waals surface area contributed by atoms with Gasteiger partial charge in [0.1, 0.15) is 0 Å². The molecule has 0 radical (unpaired) electrons. The number of nitrogens with one attached hydrogen (secondary N) is 1. The van der Waals surface area contributed by atoms with Crippen LogP contribution in [0.4, 0.5) is 14.5 Å². The number of thioether (sulfide) groups is 2. The summed E-state index contributed by atoms with van der Waals surface area (Å²) in [4.78, 5) is 13.6. The predicted octanol–water partition coefficient (Wildman–Crippen LogP) is 5.12. The molecule has 22 heavy (non-hydrogen) atoms. The van der Waals surface area contributed by atoms with E-state index < -0.39 is 5.76 Å². The molecular weight excluding hydrogens is 324 g/mol. The van der Waals surface area contributed by atoms with Gasteiger partial charge in [-0.2, -0.15) is 8.78 Å². The second-order valence-electron chi connectivity index (χ2n) is 4.47. The predicted molar refractivity (Wildman–Crippen MR) is 88.7 cm³/mol. The lowest BCUT2D eigenvalue weighted by Gasteiger charge is -2.12. The lowest BCUT2D eigenvalue weighted by molar-refractivity contribution is -0.115. The van der Waals surface area contributed by atoms with Crippen LogP contribution in [0.2, 0.25) is 0 Å². The van der Waals surface area contributed by atoms with Crippen LogP contribution in [0.3, 0.4) is 0 Å². The Kier molecular flexibility index (Phi) is 6.27. The van der Waals surface area contributed by atoms with Gasteiger partial charge in [0.2, 0.25) is 5.91 Å². The summed E-state index contributed by atoms with van der Waals surface area (Å²) in [6, 6.07) is 16.1. The van der Waals surface area contributed by atoms with Gasteiger partial charge in [-0.15, -0.1) is 11.8 Å². The van der Waals surface area contributed by atoms with Crippen LogP contribution in [0.25, 0.3) is 0 Å². The van der Waals surface area contributed by atoms with Gasteiger partial charge in [-0.05, 0) is 43.3 Å². The highest BCUT2D eigenvalue weighted by atomic mass is 32.2. The van der Waals surface area contributed by atoms with E-state index in [-0.39, 0.29) is 11.2 Å². The van der Waals surface area contributed by atoms with Crippen LogP contribution in [-0.4, -0.2) is 16.9 Å². The highest BCUT2D eigenvalue weighted by Crippen LogP contribution is 2.27. The quantitative estimate of drug-likeness (QED) is 0.741. The number of rotatable bonds is 6. The first-order chi connectivity index (χ1) is 10.5. The third kappa shape index (κ3) is 5.35. The van der Waals surface area contributed by atoms with Crippen LogP contribution in [0.5, 0.6) is 0 Å². The number of hydrogen-bond acceptors (Lipinski definition) is 3. The van der Waals surface area contributed by atoms with Crippen molar-refractivity contribution in [1.29, 1.82) is 0 Å². The van der Waals surface area contributed by atoms with E-state index in [1.807, 2.05) is 37.3 Å². The molecule has 1 N–H and O–H groups in total. The summed E-state index contributed by atoms with van der Waals surface area (Å²) in [7, 11) is 0. The molecule has 2 nitrogen and oxygen atoms in total. The highest BCUT2D eigenvalue weighted by molar-refractivity contribution is 8.00. The molecule has 1 atom stereocenters. The third-order valence-electron chi connectivity index (χ3n) is 2.77. The fraction of sp³-hybridized carbons (Fsp3) is 0.188. The summed E-state index contributed by atoms with van der Waals surface area (Å²) in [5.74, 6) is -2.56. The van der Waals surface area contributed by atoms with Gasteiger partial charge in [0.15, 0.2) is 0 Å². The summed E-state index contributed by atoms with van der Waals surface area (Å²) in [6.07, 6.45) is 0. The lowest BCUT2D eigenvalue weighted by Crippen LogP contribution is -2.22. The Morgan fingerprint density at radius 2 is 1.55 bits per heavy atom. The Morgan fingerprint density at radius 3 is 2.14 bits per heavy atom. The Morgan fingerprint density at radius 1 is 0.955 bits per heavy atom. The zero-order valence-electron chi connectivity index (χ0n) is 11.8. The van der Waals surface area contributed by atoms with Crippen LogP contribution in [0.15, 0.2) is 64.4 Å². The first-order valence-electron chi connectivity index (χ1n) is 6.62. The molecule has 1 unspecified atom stereocenters. The van der Waals surface area contributed by atoms with Gasteiger partial charge in [0, 0.05) is 15.5 Å². The summed E-state index contributed by atoms with van der Waals surface area (Å²) < 4.78 is 24.5. The minimum Gasteiger partial charge on any atom is -0.325 e. The SMILES string of the molecule is CC(Sc1ccccc1)C(=O)Nc1ccc(SC(F)F)cc1. The second-order valence-corrected chi connectivity index (χ2v) is 6.94. The van der Waals surface area contributed by atoms with Crippen LogP contribution in [-0.2, 0) is 4.79 Å². The van der Waals surface area contributed by atoms with Gasteiger partial charge in [-0.25, -0.2) is 0 Å². The maximum absolute atomic E-state index is 12.2. The maximum Gasteiger partial charge on any atom is 0.288 e. The Hall–Kier alpha value is -1.53. The largest absolute Gasteiger partial charge is 0.325 e. The van der Waals surface area contributed by atoms with Crippen molar-refractivity contribution in [2.45, 2.75) is 27.7 Å². The van der Waals surface area contributed by atoms with Gasteiger partial charge >= 0.3 is 0 Å². The van der Waals surface area contributed by atoms with Crippen molar-refractivity contribution >= 4 is 35.1 Å². The summed E-state index contributed by atoms with van der Waals surface area (Å²) in [6.45, 7) is 1.83. The Bertz CT molecular complexity index is 605. The molecule has 6 heteroatoms. The van der Waals surface area contributed by atoms with E-state index in [1.165, 1.54) is 11.8 Å². The zero-order chi connectivity index (χ0) is 15.9. The normalized spacial score (nSPS) is 12.2. The number of anilines is 1. The number of halogens is 2. The minimum absolute atomic E-state index is 0.122. The average molecular weight is 339 g/mol. The smallest absolute Gasteiger partial charge is 0.288 e. The number of benzene rings is 2. The van der Waals surface area contributed by atoms with Crippen molar-refractivity contribution in [3.8, 4) is 0 Å². The fourth-order valence-corrected chi connectivity index (χ4v) is 3.11. The molecule has 2 aromatic rings. The van der Waals surface area contributed by atoms with Crippen LogP contribution < -0.4 is 5.32 Å². The summed E-state index contributed by atoms with van der Waals surface area (Å²) >= 11 is 1.95. The van der Waals surface area contributed by atoms with Gasteiger partial charge in [-0.3, -0.25) is 4.79 Å². The van der Waals surface area contributed by atoms with E-state index in [0.717, 1.165) is 4.90 Å². The number of alkyl halides is 2.